The summed E-state index contributed by atoms with van der Waals surface area (Å²) in [6.07, 6.45) is 3.11. The Labute approximate surface area is 163 Å². The van der Waals surface area contributed by atoms with Crippen LogP contribution in [0, 0.1) is 0 Å². The molecule has 3 rings (SSSR count). The van der Waals surface area contributed by atoms with Crippen molar-refractivity contribution in [1.82, 2.24) is 0 Å². The molecule has 2 nitrogen and oxygen atoms in total. The number of ether oxygens (including phenoxy) is 1. The lowest BCUT2D eigenvalue weighted by Crippen LogP contribution is -2.04. The predicted molar refractivity (Wildman–Crippen MR) is 105 cm³/mol. The van der Waals surface area contributed by atoms with Crippen LogP contribution in [-0.2, 0) is 12.6 Å². The number of alkyl halides is 3. The van der Waals surface area contributed by atoms with Crippen LogP contribution in [0.2, 0.25) is 0 Å². The number of halogens is 3. The molecule has 0 amide bonds. The van der Waals surface area contributed by atoms with Crippen molar-refractivity contribution in [2.24, 2.45) is 0 Å². The molecule has 0 heterocycles. The Morgan fingerprint density at radius 2 is 1.71 bits per heavy atom. The standard InChI is InChI=1S/C23H25F3O2/c24-23(25,26)21-10-7-17(8-11-21)18-5-4-6-19-16-22(12-9-20(19)15-18)28-14-3-1-2-13-27/h7-12,15-16,27H,1-6,13-14H2. The zero-order chi connectivity index (χ0) is 20.0. The van der Waals surface area contributed by atoms with Crippen molar-refractivity contribution in [3.8, 4) is 5.75 Å². The number of hydrogen-bond acceptors (Lipinski definition) is 2. The predicted octanol–water partition coefficient (Wildman–Crippen LogP) is 6.12. The van der Waals surface area contributed by atoms with Crippen molar-refractivity contribution < 1.29 is 23.0 Å². The van der Waals surface area contributed by atoms with Crippen LogP contribution in [0.25, 0.3) is 11.6 Å². The number of allylic oxidation sites excluding steroid dienone is 1. The molecule has 0 aliphatic heterocycles. The number of aryl methyl sites for hydroxylation is 1. The minimum Gasteiger partial charge on any atom is -0.494 e. The number of hydrogen-bond donors (Lipinski definition) is 1. The fraction of sp³-hybridized carbons (Fsp3) is 0.391. The summed E-state index contributed by atoms with van der Waals surface area (Å²) in [5, 5.41) is 8.80. The van der Waals surface area contributed by atoms with Gasteiger partial charge in [0.25, 0.3) is 0 Å². The fourth-order valence-corrected chi connectivity index (χ4v) is 3.44. The molecule has 2 aromatic carbocycles. The summed E-state index contributed by atoms with van der Waals surface area (Å²) in [5.41, 5.74) is 3.58. The number of unbranched alkanes of at least 4 members (excludes halogenated alkanes) is 2. The lowest BCUT2D eigenvalue weighted by molar-refractivity contribution is -0.137. The third-order valence-corrected chi connectivity index (χ3v) is 4.99. The summed E-state index contributed by atoms with van der Waals surface area (Å²) < 4.78 is 44.1. The first kappa shape index (κ1) is 20.5. The quantitative estimate of drug-likeness (QED) is 0.577. The SMILES string of the molecule is OCCCCCOc1ccc2c(c1)CCCC(c1ccc(C(F)(F)F)cc1)=C2. The van der Waals surface area contributed by atoms with E-state index >= 15 is 0 Å². The average Bonchev–Trinajstić information content (AvgIpc) is 2.89. The molecule has 0 fully saturated rings. The monoisotopic (exact) mass is 390 g/mol. The molecule has 5 heteroatoms. The number of benzene rings is 2. The molecule has 0 saturated carbocycles. The van der Waals surface area contributed by atoms with Gasteiger partial charge in [0.05, 0.1) is 12.2 Å². The molecular formula is C23H25F3O2. The molecule has 0 saturated heterocycles. The molecule has 1 N–H and O–H groups in total. The van der Waals surface area contributed by atoms with E-state index < -0.39 is 11.7 Å². The number of fused-ring (bicyclic) bond motifs is 1. The van der Waals surface area contributed by atoms with Gasteiger partial charge in [0, 0.05) is 6.61 Å². The molecule has 0 aromatic heterocycles. The van der Waals surface area contributed by atoms with E-state index in [9.17, 15) is 13.2 Å². The van der Waals surface area contributed by atoms with Crippen molar-refractivity contribution in [2.75, 3.05) is 13.2 Å². The Morgan fingerprint density at radius 3 is 2.43 bits per heavy atom. The summed E-state index contributed by atoms with van der Waals surface area (Å²) in [5.74, 6) is 0.842. The second-order valence-corrected chi connectivity index (χ2v) is 7.09. The van der Waals surface area contributed by atoms with Gasteiger partial charge in [-0.05, 0) is 85.1 Å². The number of aliphatic hydroxyl groups excluding tert-OH is 1. The minimum absolute atomic E-state index is 0.215. The van der Waals surface area contributed by atoms with Crippen LogP contribution in [0.3, 0.4) is 0 Å². The molecule has 0 spiro atoms. The highest BCUT2D eigenvalue weighted by molar-refractivity contribution is 5.83. The number of rotatable bonds is 7. The molecule has 0 unspecified atom stereocenters. The van der Waals surface area contributed by atoms with Crippen molar-refractivity contribution >= 4 is 11.6 Å². The zero-order valence-electron chi connectivity index (χ0n) is 15.8. The van der Waals surface area contributed by atoms with E-state index in [1.165, 1.54) is 5.56 Å². The Morgan fingerprint density at radius 1 is 0.929 bits per heavy atom. The van der Waals surface area contributed by atoms with Crippen molar-refractivity contribution in [1.29, 1.82) is 0 Å². The first-order valence-corrected chi connectivity index (χ1v) is 9.72. The zero-order valence-corrected chi connectivity index (χ0v) is 15.8. The summed E-state index contributed by atoms with van der Waals surface area (Å²) in [6.45, 7) is 0.845. The van der Waals surface area contributed by atoms with Crippen LogP contribution in [0.15, 0.2) is 42.5 Å². The molecule has 0 bridgehead atoms. The topological polar surface area (TPSA) is 29.5 Å². The molecule has 28 heavy (non-hydrogen) atoms. The highest BCUT2D eigenvalue weighted by atomic mass is 19.4. The first-order chi connectivity index (χ1) is 13.5. The van der Waals surface area contributed by atoms with E-state index in [-0.39, 0.29) is 6.61 Å². The van der Waals surface area contributed by atoms with Gasteiger partial charge in [-0.25, -0.2) is 0 Å². The largest absolute Gasteiger partial charge is 0.494 e. The lowest BCUT2D eigenvalue weighted by atomic mass is 9.99. The third kappa shape index (κ3) is 5.38. The van der Waals surface area contributed by atoms with E-state index in [0.717, 1.165) is 73.1 Å². The minimum atomic E-state index is -4.31. The van der Waals surface area contributed by atoms with Gasteiger partial charge in [-0.1, -0.05) is 24.3 Å². The maximum absolute atomic E-state index is 12.8. The van der Waals surface area contributed by atoms with Crippen LogP contribution in [0.1, 0.15) is 54.4 Å². The Hall–Kier alpha value is -2.27. The third-order valence-electron chi connectivity index (χ3n) is 4.99. The molecule has 0 radical (unpaired) electrons. The van der Waals surface area contributed by atoms with Crippen LogP contribution >= 0.6 is 0 Å². The van der Waals surface area contributed by atoms with Crippen LogP contribution in [0.5, 0.6) is 5.75 Å². The molecule has 2 aromatic rings. The molecule has 1 aliphatic carbocycles. The second-order valence-electron chi connectivity index (χ2n) is 7.09. The van der Waals surface area contributed by atoms with E-state index in [4.69, 9.17) is 9.84 Å². The van der Waals surface area contributed by atoms with Gasteiger partial charge < -0.3 is 9.84 Å². The van der Waals surface area contributed by atoms with Crippen molar-refractivity contribution in [3.63, 3.8) is 0 Å². The summed E-state index contributed by atoms with van der Waals surface area (Å²) >= 11 is 0. The fourth-order valence-electron chi connectivity index (χ4n) is 3.44. The average molecular weight is 390 g/mol. The normalized spacial score (nSPS) is 14.2. The van der Waals surface area contributed by atoms with Gasteiger partial charge in [-0.3, -0.25) is 0 Å². The summed E-state index contributed by atoms with van der Waals surface area (Å²) in [7, 11) is 0. The maximum atomic E-state index is 12.8. The van der Waals surface area contributed by atoms with Crippen LogP contribution in [0.4, 0.5) is 13.2 Å². The highest BCUT2D eigenvalue weighted by Gasteiger charge is 2.30. The second kappa shape index (κ2) is 9.28. The van der Waals surface area contributed by atoms with Crippen molar-refractivity contribution in [2.45, 2.75) is 44.7 Å². The van der Waals surface area contributed by atoms with Gasteiger partial charge in [0.1, 0.15) is 5.75 Å². The molecule has 150 valence electrons. The highest BCUT2D eigenvalue weighted by Crippen LogP contribution is 2.34. The van der Waals surface area contributed by atoms with Gasteiger partial charge in [-0.15, -0.1) is 0 Å². The molecule has 1 aliphatic rings. The molecular weight excluding hydrogens is 365 g/mol. The van der Waals surface area contributed by atoms with Crippen LogP contribution < -0.4 is 4.74 Å². The maximum Gasteiger partial charge on any atom is 0.416 e. The molecule has 0 atom stereocenters. The summed E-state index contributed by atoms with van der Waals surface area (Å²) in [4.78, 5) is 0. The van der Waals surface area contributed by atoms with E-state index in [1.54, 1.807) is 12.1 Å². The van der Waals surface area contributed by atoms with E-state index in [1.807, 2.05) is 12.1 Å². The Bertz CT molecular complexity index is 808. The first-order valence-electron chi connectivity index (χ1n) is 9.72. The lowest BCUT2D eigenvalue weighted by Gasteiger charge is -2.10. The van der Waals surface area contributed by atoms with E-state index in [0.29, 0.717) is 6.61 Å². The smallest absolute Gasteiger partial charge is 0.416 e. The van der Waals surface area contributed by atoms with Gasteiger partial charge in [-0.2, -0.15) is 13.2 Å². The van der Waals surface area contributed by atoms with Crippen molar-refractivity contribution in [3.05, 3.63) is 64.7 Å². The van der Waals surface area contributed by atoms with Gasteiger partial charge in [0.2, 0.25) is 0 Å². The Kier molecular flexibility index (Phi) is 6.79. The Balaban J connectivity index is 1.72. The van der Waals surface area contributed by atoms with Crippen LogP contribution in [-0.4, -0.2) is 18.3 Å². The van der Waals surface area contributed by atoms with Gasteiger partial charge in [0.15, 0.2) is 0 Å². The summed E-state index contributed by atoms with van der Waals surface area (Å²) in [6, 6.07) is 11.4. The van der Waals surface area contributed by atoms with Gasteiger partial charge >= 0.3 is 6.18 Å². The number of aliphatic hydroxyl groups is 1. The van der Waals surface area contributed by atoms with E-state index in [2.05, 4.69) is 12.1 Å².